The standard InChI is InChI=1S/C29H31N3O2S2/c1-19(2)34-24-14-15-25(20(3)16-24)27-21(18-31(30-27)22-10-6-4-7-11-22)17-26-28(33)32(29(35)36-26)23-12-8-5-9-13-23/h4,6-7,10-11,14-19,23H,5,8-9,12-13H2,1-3H3. The van der Waals surface area contributed by atoms with Gasteiger partial charge in [0.25, 0.3) is 5.91 Å². The van der Waals surface area contributed by atoms with Crippen LogP contribution in [0, 0.1) is 6.92 Å². The van der Waals surface area contributed by atoms with Gasteiger partial charge in [0.05, 0.1) is 16.7 Å². The first-order valence-electron chi connectivity index (χ1n) is 12.6. The van der Waals surface area contributed by atoms with Gasteiger partial charge in [0.2, 0.25) is 0 Å². The SMILES string of the molecule is Cc1cc(OC(C)C)ccc1-c1nn(-c2ccccc2)cc1C=C1SC(=S)N(C2CCCCC2)C1=O. The van der Waals surface area contributed by atoms with Crippen molar-refractivity contribution in [3.05, 3.63) is 70.8 Å². The van der Waals surface area contributed by atoms with E-state index in [0.717, 1.165) is 59.5 Å². The molecule has 1 amide bonds. The van der Waals surface area contributed by atoms with E-state index in [1.807, 2.05) is 78.2 Å². The van der Waals surface area contributed by atoms with Crippen molar-refractivity contribution >= 4 is 40.3 Å². The summed E-state index contributed by atoms with van der Waals surface area (Å²) in [5.74, 6) is 0.858. The monoisotopic (exact) mass is 517 g/mol. The Bertz CT molecular complexity index is 1310. The van der Waals surface area contributed by atoms with Crippen molar-refractivity contribution in [3.8, 4) is 22.7 Å². The van der Waals surface area contributed by atoms with Crippen molar-refractivity contribution < 1.29 is 9.53 Å². The zero-order chi connectivity index (χ0) is 25.2. The van der Waals surface area contributed by atoms with Gasteiger partial charge < -0.3 is 4.74 Å². The predicted octanol–water partition coefficient (Wildman–Crippen LogP) is 7.17. The fourth-order valence-electron chi connectivity index (χ4n) is 4.94. The highest BCUT2D eigenvalue weighted by atomic mass is 32.2. The van der Waals surface area contributed by atoms with Crippen LogP contribution >= 0.6 is 24.0 Å². The molecule has 0 spiro atoms. The number of thioether (sulfide) groups is 1. The number of aryl methyl sites for hydroxylation is 1. The second kappa shape index (κ2) is 10.6. The Hall–Kier alpha value is -2.90. The molecule has 3 aromatic rings. The van der Waals surface area contributed by atoms with Gasteiger partial charge >= 0.3 is 0 Å². The van der Waals surface area contributed by atoms with E-state index in [9.17, 15) is 4.79 Å². The summed E-state index contributed by atoms with van der Waals surface area (Å²) in [4.78, 5) is 16.0. The normalized spacial score (nSPS) is 18.0. The third kappa shape index (κ3) is 5.13. The molecule has 5 nitrogen and oxygen atoms in total. The number of nitrogens with zero attached hydrogens (tertiary/aromatic N) is 3. The van der Waals surface area contributed by atoms with Gasteiger partial charge in [0.15, 0.2) is 0 Å². The molecule has 0 radical (unpaired) electrons. The largest absolute Gasteiger partial charge is 0.491 e. The molecule has 186 valence electrons. The maximum Gasteiger partial charge on any atom is 0.266 e. The van der Waals surface area contributed by atoms with E-state index in [2.05, 4.69) is 13.0 Å². The number of aromatic nitrogens is 2. The van der Waals surface area contributed by atoms with Gasteiger partial charge in [-0.05, 0) is 75.6 Å². The third-order valence-electron chi connectivity index (χ3n) is 6.64. The van der Waals surface area contributed by atoms with Crippen LogP contribution in [0.5, 0.6) is 5.75 Å². The van der Waals surface area contributed by atoms with Crippen molar-refractivity contribution in [1.29, 1.82) is 0 Å². The first-order valence-corrected chi connectivity index (χ1v) is 13.8. The number of benzene rings is 2. The van der Waals surface area contributed by atoms with E-state index in [4.69, 9.17) is 22.1 Å². The number of thiocarbonyl (C=S) groups is 1. The quantitative estimate of drug-likeness (QED) is 0.256. The lowest BCUT2D eigenvalue weighted by Gasteiger charge is -2.29. The Morgan fingerprint density at radius 1 is 1.11 bits per heavy atom. The van der Waals surface area contributed by atoms with Gasteiger partial charge in [-0.1, -0.05) is 61.4 Å². The summed E-state index contributed by atoms with van der Waals surface area (Å²) in [6.07, 6.45) is 9.67. The van der Waals surface area contributed by atoms with Crippen molar-refractivity contribution in [1.82, 2.24) is 14.7 Å². The highest BCUT2D eigenvalue weighted by Crippen LogP contribution is 2.39. The van der Waals surface area contributed by atoms with Crippen LogP contribution in [0.4, 0.5) is 0 Å². The highest BCUT2D eigenvalue weighted by molar-refractivity contribution is 8.26. The lowest BCUT2D eigenvalue weighted by Crippen LogP contribution is -2.39. The van der Waals surface area contributed by atoms with Crippen LogP contribution in [0.1, 0.15) is 57.1 Å². The second-order valence-electron chi connectivity index (χ2n) is 9.70. The predicted molar refractivity (Wildman–Crippen MR) is 151 cm³/mol. The van der Waals surface area contributed by atoms with Gasteiger partial charge in [0, 0.05) is 23.4 Å². The molecule has 36 heavy (non-hydrogen) atoms. The van der Waals surface area contributed by atoms with Crippen LogP contribution < -0.4 is 4.74 Å². The van der Waals surface area contributed by atoms with Gasteiger partial charge in [-0.2, -0.15) is 5.10 Å². The number of amides is 1. The molecule has 2 heterocycles. The summed E-state index contributed by atoms with van der Waals surface area (Å²) < 4.78 is 8.43. The Balaban J connectivity index is 1.55. The number of hydrogen-bond acceptors (Lipinski definition) is 5. The van der Waals surface area contributed by atoms with Gasteiger partial charge in [-0.25, -0.2) is 4.68 Å². The molecule has 1 aromatic heterocycles. The van der Waals surface area contributed by atoms with Crippen LogP contribution in [-0.4, -0.2) is 37.1 Å². The minimum atomic E-state index is 0.0210. The third-order valence-corrected chi connectivity index (χ3v) is 7.97. The summed E-state index contributed by atoms with van der Waals surface area (Å²) in [5.41, 5.74) is 4.76. The van der Waals surface area contributed by atoms with Crippen LogP contribution in [0.15, 0.2) is 59.6 Å². The van der Waals surface area contributed by atoms with Gasteiger partial charge in [0.1, 0.15) is 15.8 Å². The zero-order valence-corrected chi connectivity index (χ0v) is 22.6. The van der Waals surface area contributed by atoms with Crippen LogP contribution in [0.2, 0.25) is 0 Å². The van der Waals surface area contributed by atoms with Crippen molar-refractivity contribution in [2.45, 2.75) is 65.0 Å². The Kier molecular flexibility index (Phi) is 7.30. The van der Waals surface area contributed by atoms with Crippen LogP contribution in [-0.2, 0) is 4.79 Å². The highest BCUT2D eigenvalue weighted by Gasteiger charge is 2.37. The average Bonchev–Trinajstić information content (AvgIpc) is 3.40. The molecule has 1 saturated heterocycles. The molecule has 7 heteroatoms. The van der Waals surface area contributed by atoms with Crippen LogP contribution in [0.25, 0.3) is 23.0 Å². The van der Waals surface area contributed by atoms with E-state index in [0.29, 0.717) is 9.23 Å². The lowest BCUT2D eigenvalue weighted by molar-refractivity contribution is -0.124. The van der Waals surface area contributed by atoms with E-state index in [1.165, 1.54) is 18.2 Å². The molecule has 2 fully saturated rings. The van der Waals surface area contributed by atoms with E-state index >= 15 is 0 Å². The molecular formula is C29H31N3O2S2. The fourth-order valence-corrected chi connectivity index (χ4v) is 6.33. The smallest absolute Gasteiger partial charge is 0.266 e. The maximum atomic E-state index is 13.5. The van der Waals surface area contributed by atoms with Crippen molar-refractivity contribution in [2.24, 2.45) is 0 Å². The topological polar surface area (TPSA) is 47.4 Å². The maximum absolute atomic E-state index is 13.5. The molecular weight excluding hydrogens is 486 g/mol. The molecule has 1 aliphatic heterocycles. The number of carbonyl (C=O) groups is 1. The number of para-hydroxylation sites is 1. The average molecular weight is 518 g/mol. The molecule has 1 aliphatic carbocycles. The molecule has 2 aliphatic rings. The summed E-state index contributed by atoms with van der Waals surface area (Å²) >= 11 is 7.07. The number of hydrogen-bond donors (Lipinski definition) is 0. The number of ether oxygens (including phenoxy) is 1. The van der Waals surface area contributed by atoms with E-state index in [-0.39, 0.29) is 18.1 Å². The van der Waals surface area contributed by atoms with Crippen LogP contribution in [0.3, 0.4) is 0 Å². The molecule has 0 atom stereocenters. The first-order chi connectivity index (χ1) is 17.4. The Morgan fingerprint density at radius 3 is 2.56 bits per heavy atom. The molecule has 0 unspecified atom stereocenters. The zero-order valence-electron chi connectivity index (χ0n) is 20.9. The molecule has 5 rings (SSSR count). The minimum absolute atomic E-state index is 0.0210. The van der Waals surface area contributed by atoms with E-state index < -0.39 is 0 Å². The Labute approximate surface area is 222 Å². The van der Waals surface area contributed by atoms with E-state index in [1.54, 1.807) is 0 Å². The lowest BCUT2D eigenvalue weighted by atomic mass is 9.94. The minimum Gasteiger partial charge on any atom is -0.491 e. The summed E-state index contributed by atoms with van der Waals surface area (Å²) in [6.45, 7) is 6.11. The second-order valence-corrected chi connectivity index (χ2v) is 11.4. The van der Waals surface area contributed by atoms with Gasteiger partial charge in [-0.3, -0.25) is 9.69 Å². The van der Waals surface area contributed by atoms with Crippen molar-refractivity contribution in [2.75, 3.05) is 0 Å². The van der Waals surface area contributed by atoms with Gasteiger partial charge in [-0.15, -0.1) is 0 Å². The summed E-state index contributed by atoms with van der Waals surface area (Å²) in [7, 11) is 0. The molecule has 2 aromatic carbocycles. The molecule has 0 N–H and O–H groups in total. The molecule has 0 bridgehead atoms. The number of carbonyl (C=O) groups excluding carboxylic acids is 1. The fraction of sp³-hybridized carbons (Fsp3) is 0.345. The summed E-state index contributed by atoms with van der Waals surface area (Å²) in [5, 5.41) is 4.96. The Morgan fingerprint density at radius 2 is 1.86 bits per heavy atom. The first kappa shape index (κ1) is 24.8. The molecule has 1 saturated carbocycles. The van der Waals surface area contributed by atoms with Crippen molar-refractivity contribution in [3.63, 3.8) is 0 Å². The summed E-state index contributed by atoms with van der Waals surface area (Å²) in [6, 6.07) is 16.3. The number of rotatable bonds is 6.